The highest BCUT2D eigenvalue weighted by atomic mass is 28.3. The fourth-order valence-corrected chi connectivity index (χ4v) is 12.7. The lowest BCUT2D eigenvalue weighted by Crippen LogP contribution is -2.74. The van der Waals surface area contributed by atoms with Gasteiger partial charge >= 0.3 is 0 Å². The molecular formula is C48H33NSi. The summed E-state index contributed by atoms with van der Waals surface area (Å²) in [6.45, 7) is 0. The van der Waals surface area contributed by atoms with Crippen LogP contribution in [0.3, 0.4) is 0 Å². The van der Waals surface area contributed by atoms with Crippen LogP contribution in [0.2, 0.25) is 0 Å². The first-order valence-corrected chi connectivity index (χ1v) is 18.6. The maximum atomic E-state index is 9.70. The largest absolute Gasteiger partial charge is 0.309 e. The van der Waals surface area contributed by atoms with E-state index in [4.69, 9.17) is 9.60 Å². The van der Waals surface area contributed by atoms with E-state index in [2.05, 4.69) is 84.9 Å². The van der Waals surface area contributed by atoms with E-state index in [-0.39, 0.29) is 44.4 Å². The molecule has 0 aliphatic heterocycles. The Kier molecular flexibility index (Phi) is 4.65. The van der Waals surface area contributed by atoms with Gasteiger partial charge in [-0.3, -0.25) is 0 Å². The first-order valence-electron chi connectivity index (χ1n) is 21.6. The van der Waals surface area contributed by atoms with E-state index in [1.54, 1.807) is 0 Å². The van der Waals surface area contributed by atoms with Crippen LogP contribution in [0.15, 0.2) is 200 Å². The fraction of sp³-hybridized carbons (Fsp3) is 0. The summed E-state index contributed by atoms with van der Waals surface area (Å²) in [5.74, 6) is 0. The van der Waals surface area contributed by atoms with Crippen LogP contribution in [0.5, 0.6) is 0 Å². The van der Waals surface area contributed by atoms with Crippen LogP contribution in [0.4, 0.5) is 0 Å². The van der Waals surface area contributed by atoms with Crippen LogP contribution >= 0.6 is 0 Å². The second-order valence-electron chi connectivity index (χ2n) is 12.5. The highest BCUT2D eigenvalue weighted by Crippen LogP contribution is 2.43. The first kappa shape index (κ1) is 20.3. The Morgan fingerprint density at radius 2 is 0.780 bits per heavy atom. The minimum Gasteiger partial charge on any atom is -0.309 e. The Morgan fingerprint density at radius 1 is 0.340 bits per heavy atom. The quantitative estimate of drug-likeness (QED) is 0.0984. The number of benzene rings is 9. The van der Waals surface area contributed by atoms with Gasteiger partial charge in [0.1, 0.15) is 0 Å². The molecule has 50 heavy (non-hydrogen) atoms. The van der Waals surface area contributed by atoms with Gasteiger partial charge in [0.25, 0.3) is 0 Å². The monoisotopic (exact) mass is 661 g/mol. The summed E-state index contributed by atoms with van der Waals surface area (Å²) >= 11 is 0. The summed E-state index contributed by atoms with van der Waals surface area (Å²) in [7, 11) is -2.88. The molecule has 0 radical (unpaired) electrons. The second-order valence-corrected chi connectivity index (χ2v) is 16.3. The van der Waals surface area contributed by atoms with Crippen molar-refractivity contribution >= 4 is 82.9 Å². The number of nitrogens with zero attached hydrogens (tertiary/aromatic N) is 1. The molecule has 234 valence electrons. The predicted octanol–water partition coefficient (Wildman–Crippen LogP) is 9.62. The van der Waals surface area contributed by atoms with E-state index in [9.17, 15) is 4.11 Å². The number of para-hydroxylation sites is 1. The standard InChI is InChI=1S/C48H33NSi/c1-4-16-35(17-5-1)50(36-18-6-2-7-19-36,37-20-8-3-9-21-37)38-30-28-34(29-31-38)49-45-27-15-14-26-44(45)48-46(49)33-32-43-41-24-11-10-22-39(41)40-23-12-13-25-42(40)47(43)48/h1-33H/i10D,11D,12D,13D,22D,23D,24D,25D,32D,33D. The summed E-state index contributed by atoms with van der Waals surface area (Å²) in [5.41, 5.74) is 1.75. The highest BCUT2D eigenvalue weighted by molar-refractivity contribution is 7.19. The van der Waals surface area contributed by atoms with Crippen molar-refractivity contribution in [3.05, 3.63) is 200 Å². The minimum absolute atomic E-state index is 0.0367. The number of rotatable bonds is 5. The van der Waals surface area contributed by atoms with Gasteiger partial charge in [0.05, 0.1) is 24.7 Å². The first-order chi connectivity index (χ1) is 29.0. The molecule has 1 aromatic heterocycles. The second kappa shape index (κ2) is 11.4. The van der Waals surface area contributed by atoms with Gasteiger partial charge in [0, 0.05) is 21.8 Å². The molecule has 0 aliphatic rings. The van der Waals surface area contributed by atoms with Crippen molar-refractivity contribution in [3.8, 4) is 5.69 Å². The van der Waals surface area contributed by atoms with Crippen molar-refractivity contribution in [3.63, 3.8) is 0 Å². The Balaban J connectivity index is 1.36. The molecule has 10 rings (SSSR count). The molecule has 0 saturated carbocycles. The molecule has 0 aliphatic carbocycles. The lowest BCUT2D eigenvalue weighted by Gasteiger charge is -2.34. The molecule has 9 aromatic carbocycles. The zero-order valence-electron chi connectivity index (χ0n) is 36.7. The Morgan fingerprint density at radius 3 is 1.34 bits per heavy atom. The van der Waals surface area contributed by atoms with Gasteiger partial charge in [0.2, 0.25) is 0 Å². The minimum atomic E-state index is -2.88. The molecular weight excluding hydrogens is 619 g/mol. The van der Waals surface area contributed by atoms with E-state index in [0.29, 0.717) is 27.5 Å². The molecule has 0 saturated heterocycles. The Hall–Kier alpha value is -6.22. The maximum Gasteiger partial charge on any atom is 0.179 e. The van der Waals surface area contributed by atoms with Gasteiger partial charge in [-0.25, -0.2) is 0 Å². The van der Waals surface area contributed by atoms with Crippen molar-refractivity contribution in [2.75, 3.05) is 0 Å². The third kappa shape index (κ3) is 4.12. The third-order valence-electron chi connectivity index (χ3n) is 9.98. The van der Waals surface area contributed by atoms with Crippen LogP contribution in [0.25, 0.3) is 59.8 Å². The van der Waals surface area contributed by atoms with Crippen molar-refractivity contribution < 1.29 is 13.7 Å². The molecule has 0 bridgehead atoms. The molecule has 0 fully saturated rings. The maximum absolute atomic E-state index is 9.70. The van der Waals surface area contributed by atoms with Crippen LogP contribution in [0.1, 0.15) is 13.7 Å². The summed E-state index contributed by atoms with van der Waals surface area (Å²) < 4.78 is 92.3. The Labute approximate surface area is 306 Å². The number of fused-ring (bicyclic) bond motifs is 10. The van der Waals surface area contributed by atoms with Gasteiger partial charge < -0.3 is 4.57 Å². The fourth-order valence-electron chi connectivity index (χ4n) is 7.93. The number of aromatic nitrogens is 1. The predicted molar refractivity (Wildman–Crippen MR) is 217 cm³/mol. The summed E-state index contributed by atoms with van der Waals surface area (Å²) in [4.78, 5) is 0. The zero-order chi connectivity index (χ0) is 41.8. The molecule has 2 heteroatoms. The zero-order valence-corrected chi connectivity index (χ0v) is 27.7. The molecule has 0 spiro atoms. The SMILES string of the molecule is [2H]c1c([2H])c([2H])c2c(c1[2H])c1c([2H])c([2H])c([2H])c([2H])c1c1c2c([2H])c([2H])c2c1c1ccccc1n2-c1ccc([Si](c2ccccc2)(c2ccccc2)c2ccccc2)cc1. The van der Waals surface area contributed by atoms with Crippen molar-refractivity contribution in [2.24, 2.45) is 0 Å². The summed E-state index contributed by atoms with van der Waals surface area (Å²) in [6.07, 6.45) is 0. The normalized spacial score (nSPS) is 14.8. The van der Waals surface area contributed by atoms with Crippen molar-refractivity contribution in [2.45, 2.75) is 0 Å². The van der Waals surface area contributed by atoms with Gasteiger partial charge in [0.15, 0.2) is 8.07 Å². The van der Waals surface area contributed by atoms with Crippen LogP contribution in [-0.2, 0) is 0 Å². The Bertz CT molecular complexity index is 3270. The van der Waals surface area contributed by atoms with Gasteiger partial charge in [-0.15, -0.1) is 0 Å². The smallest absolute Gasteiger partial charge is 0.179 e. The molecule has 0 atom stereocenters. The number of hydrogen-bond acceptors (Lipinski definition) is 0. The average Bonchev–Trinajstić information content (AvgIpc) is 3.64. The number of hydrogen-bond donors (Lipinski definition) is 0. The lowest BCUT2D eigenvalue weighted by molar-refractivity contribution is 1.18. The van der Waals surface area contributed by atoms with Crippen LogP contribution in [0, 0.1) is 0 Å². The lowest BCUT2D eigenvalue weighted by atomic mass is 9.92. The van der Waals surface area contributed by atoms with E-state index < -0.39 is 56.4 Å². The highest BCUT2D eigenvalue weighted by Gasteiger charge is 2.41. The van der Waals surface area contributed by atoms with Crippen LogP contribution < -0.4 is 20.7 Å². The molecule has 1 heterocycles. The van der Waals surface area contributed by atoms with E-state index >= 15 is 0 Å². The van der Waals surface area contributed by atoms with E-state index in [1.807, 2.05) is 59.2 Å². The van der Waals surface area contributed by atoms with Gasteiger partial charge in [-0.1, -0.05) is 176 Å². The average molecular weight is 662 g/mol. The third-order valence-corrected chi connectivity index (χ3v) is 14.8. The molecule has 1 nitrogen and oxygen atoms in total. The molecule has 10 aromatic rings. The summed E-state index contributed by atoms with van der Waals surface area (Å²) in [5, 5.41) is 5.98. The van der Waals surface area contributed by atoms with Crippen LogP contribution in [-0.4, -0.2) is 12.6 Å². The van der Waals surface area contributed by atoms with E-state index in [1.165, 1.54) is 15.6 Å². The molecule has 0 amide bonds. The molecule has 0 N–H and O–H groups in total. The van der Waals surface area contributed by atoms with E-state index in [0.717, 1.165) is 5.19 Å². The van der Waals surface area contributed by atoms with Gasteiger partial charge in [-0.2, -0.15) is 0 Å². The topological polar surface area (TPSA) is 4.93 Å². The van der Waals surface area contributed by atoms with Crippen molar-refractivity contribution in [1.29, 1.82) is 0 Å². The molecule has 0 unspecified atom stereocenters. The summed E-state index contributed by atoms with van der Waals surface area (Å²) in [6, 6.07) is 43.2. The van der Waals surface area contributed by atoms with Gasteiger partial charge in [-0.05, 0) is 71.9 Å². The van der Waals surface area contributed by atoms with Crippen molar-refractivity contribution in [1.82, 2.24) is 4.57 Å².